The lowest BCUT2D eigenvalue weighted by atomic mass is 9.88. The molecule has 3 rings (SSSR count). The molecule has 0 radical (unpaired) electrons. The van der Waals surface area contributed by atoms with Crippen molar-refractivity contribution in [1.29, 1.82) is 0 Å². The summed E-state index contributed by atoms with van der Waals surface area (Å²) in [6.07, 6.45) is 5.03. The van der Waals surface area contributed by atoms with Gasteiger partial charge in [-0.3, -0.25) is 29.8 Å². The fourth-order valence-electron chi connectivity index (χ4n) is 3.92. The van der Waals surface area contributed by atoms with E-state index >= 15 is 0 Å². The van der Waals surface area contributed by atoms with Crippen molar-refractivity contribution in [2.45, 2.75) is 65.5 Å². The molecular formula is C22H31N5O3. The van der Waals surface area contributed by atoms with Crippen LogP contribution in [0.5, 0.6) is 0 Å². The molecule has 3 N–H and O–H groups in total. The molecule has 1 aromatic heterocycles. The first-order valence-corrected chi connectivity index (χ1v) is 10.8. The van der Waals surface area contributed by atoms with Gasteiger partial charge >= 0.3 is 0 Å². The molecule has 8 heteroatoms. The van der Waals surface area contributed by atoms with Gasteiger partial charge in [-0.25, -0.2) is 4.98 Å². The van der Waals surface area contributed by atoms with Crippen molar-refractivity contribution in [2.75, 3.05) is 5.43 Å². The molecule has 0 spiro atoms. The highest BCUT2D eigenvalue weighted by atomic mass is 16.2. The molecule has 1 aliphatic rings. The summed E-state index contributed by atoms with van der Waals surface area (Å²) in [5, 5.41) is 3.44. The third-order valence-corrected chi connectivity index (χ3v) is 5.70. The Morgan fingerprint density at radius 1 is 1.17 bits per heavy atom. The Hall–Kier alpha value is -2.90. The zero-order valence-electron chi connectivity index (χ0n) is 17.9. The Bertz CT molecular complexity index is 963. The number of nitrogens with zero attached hydrogens (tertiary/aromatic N) is 2. The maximum atomic E-state index is 12.8. The SMILES string of the molecule is CCn1c(NNC(=O)[C@@H](NC(=O)C2CCCCC2)C(C)C)nc2ccccc2c1=O. The monoisotopic (exact) mass is 413 g/mol. The molecule has 0 unspecified atom stereocenters. The van der Waals surface area contributed by atoms with Crippen LogP contribution in [0.2, 0.25) is 0 Å². The largest absolute Gasteiger partial charge is 0.344 e. The molecule has 2 aromatic rings. The third kappa shape index (κ3) is 4.80. The summed E-state index contributed by atoms with van der Waals surface area (Å²) < 4.78 is 1.47. The summed E-state index contributed by atoms with van der Waals surface area (Å²) in [5.41, 5.74) is 5.79. The number of fused-ring (bicyclic) bond motifs is 1. The van der Waals surface area contributed by atoms with Crippen molar-refractivity contribution in [3.05, 3.63) is 34.6 Å². The van der Waals surface area contributed by atoms with Crippen molar-refractivity contribution < 1.29 is 9.59 Å². The molecule has 162 valence electrons. The fraction of sp³-hybridized carbons (Fsp3) is 0.545. The molecule has 30 heavy (non-hydrogen) atoms. The summed E-state index contributed by atoms with van der Waals surface area (Å²) >= 11 is 0. The molecule has 1 aliphatic carbocycles. The normalized spacial score (nSPS) is 15.7. The number of carbonyl (C=O) groups excluding carboxylic acids is 2. The Kier molecular flexibility index (Phi) is 7.07. The number of amides is 2. The first-order chi connectivity index (χ1) is 14.4. The van der Waals surface area contributed by atoms with Gasteiger partial charge in [0.25, 0.3) is 11.5 Å². The lowest BCUT2D eigenvalue weighted by molar-refractivity contribution is -0.132. The van der Waals surface area contributed by atoms with Crippen LogP contribution in [0, 0.1) is 11.8 Å². The number of hydrazine groups is 1. The second kappa shape index (κ2) is 9.73. The van der Waals surface area contributed by atoms with Crippen LogP contribution in [0.25, 0.3) is 10.9 Å². The van der Waals surface area contributed by atoms with Crippen LogP contribution in [0.1, 0.15) is 52.9 Å². The number of para-hydroxylation sites is 1. The maximum Gasteiger partial charge on any atom is 0.262 e. The highest BCUT2D eigenvalue weighted by molar-refractivity contribution is 5.89. The van der Waals surface area contributed by atoms with E-state index in [1.165, 1.54) is 11.0 Å². The van der Waals surface area contributed by atoms with Gasteiger partial charge in [0.1, 0.15) is 6.04 Å². The summed E-state index contributed by atoms with van der Waals surface area (Å²) in [4.78, 5) is 42.6. The minimum Gasteiger partial charge on any atom is -0.344 e. The predicted octanol–water partition coefficient (Wildman–Crippen LogP) is 2.58. The van der Waals surface area contributed by atoms with Gasteiger partial charge in [0.2, 0.25) is 11.9 Å². The van der Waals surface area contributed by atoms with E-state index in [4.69, 9.17) is 0 Å². The molecule has 0 aliphatic heterocycles. The van der Waals surface area contributed by atoms with E-state index in [9.17, 15) is 14.4 Å². The summed E-state index contributed by atoms with van der Waals surface area (Å²) in [5.74, 6) is -0.266. The van der Waals surface area contributed by atoms with Crippen molar-refractivity contribution >= 4 is 28.7 Å². The van der Waals surface area contributed by atoms with Gasteiger partial charge in [0.05, 0.1) is 10.9 Å². The molecule has 1 aromatic carbocycles. The van der Waals surface area contributed by atoms with Gasteiger partial charge in [0, 0.05) is 12.5 Å². The van der Waals surface area contributed by atoms with E-state index in [2.05, 4.69) is 21.2 Å². The number of hydrogen-bond acceptors (Lipinski definition) is 5. The molecule has 1 atom stereocenters. The Balaban J connectivity index is 1.72. The van der Waals surface area contributed by atoms with Crippen LogP contribution < -0.4 is 21.7 Å². The molecule has 2 amide bonds. The van der Waals surface area contributed by atoms with Crippen LogP contribution >= 0.6 is 0 Å². The Labute approximate surface area is 176 Å². The van der Waals surface area contributed by atoms with Crippen LogP contribution in [0.15, 0.2) is 29.1 Å². The first-order valence-electron chi connectivity index (χ1n) is 10.8. The van der Waals surface area contributed by atoms with Crippen molar-refractivity contribution in [3.63, 3.8) is 0 Å². The van der Waals surface area contributed by atoms with Crippen LogP contribution in [0.3, 0.4) is 0 Å². The van der Waals surface area contributed by atoms with Crippen molar-refractivity contribution in [3.8, 4) is 0 Å². The average Bonchev–Trinajstić information content (AvgIpc) is 2.76. The second-order valence-corrected chi connectivity index (χ2v) is 8.18. The van der Waals surface area contributed by atoms with Crippen LogP contribution in [-0.4, -0.2) is 27.4 Å². The number of aromatic nitrogens is 2. The van der Waals surface area contributed by atoms with Gasteiger partial charge in [-0.05, 0) is 37.8 Å². The fourth-order valence-corrected chi connectivity index (χ4v) is 3.92. The number of benzene rings is 1. The summed E-state index contributed by atoms with van der Waals surface area (Å²) in [7, 11) is 0. The van der Waals surface area contributed by atoms with E-state index in [0.29, 0.717) is 17.4 Å². The molecule has 8 nitrogen and oxygen atoms in total. The smallest absolute Gasteiger partial charge is 0.262 e. The standard InChI is InChI=1S/C22H31N5O3/c1-4-27-21(30)16-12-8-9-13-17(16)23-22(27)26-25-20(29)18(14(2)3)24-19(28)15-10-6-5-7-11-15/h8-9,12-15,18H,4-7,10-11H2,1-3H3,(H,23,26)(H,24,28)(H,25,29)/t18-/m0/s1. The number of carbonyl (C=O) groups is 2. The van der Waals surface area contributed by atoms with Crippen LogP contribution in [0.4, 0.5) is 5.95 Å². The topological polar surface area (TPSA) is 105 Å². The second-order valence-electron chi connectivity index (χ2n) is 8.18. The lowest BCUT2D eigenvalue weighted by Gasteiger charge is -2.26. The molecule has 0 saturated heterocycles. The first kappa shape index (κ1) is 21.8. The van der Waals surface area contributed by atoms with E-state index in [1.807, 2.05) is 26.8 Å². The Morgan fingerprint density at radius 3 is 2.53 bits per heavy atom. The number of hydrogen-bond donors (Lipinski definition) is 3. The molecule has 0 bridgehead atoms. The van der Waals surface area contributed by atoms with Gasteiger partial charge < -0.3 is 5.32 Å². The van der Waals surface area contributed by atoms with E-state index in [-0.39, 0.29) is 35.2 Å². The highest BCUT2D eigenvalue weighted by Gasteiger charge is 2.28. The van der Waals surface area contributed by atoms with E-state index in [1.54, 1.807) is 18.2 Å². The maximum absolute atomic E-state index is 12.8. The highest BCUT2D eigenvalue weighted by Crippen LogP contribution is 2.24. The molecule has 1 saturated carbocycles. The van der Waals surface area contributed by atoms with Gasteiger partial charge in [-0.2, -0.15) is 0 Å². The number of rotatable bonds is 7. The summed E-state index contributed by atoms with van der Waals surface area (Å²) in [6, 6.07) is 6.42. The quantitative estimate of drug-likeness (QED) is 0.605. The van der Waals surface area contributed by atoms with Crippen molar-refractivity contribution in [2.24, 2.45) is 11.8 Å². The third-order valence-electron chi connectivity index (χ3n) is 5.70. The van der Waals surface area contributed by atoms with Crippen LogP contribution in [-0.2, 0) is 16.1 Å². The lowest BCUT2D eigenvalue weighted by Crippen LogP contribution is -2.52. The predicted molar refractivity (Wildman–Crippen MR) is 117 cm³/mol. The van der Waals surface area contributed by atoms with Crippen molar-refractivity contribution in [1.82, 2.24) is 20.3 Å². The van der Waals surface area contributed by atoms with Gasteiger partial charge in [-0.15, -0.1) is 0 Å². The molecule has 1 fully saturated rings. The van der Waals surface area contributed by atoms with Gasteiger partial charge in [0.15, 0.2) is 0 Å². The van der Waals surface area contributed by atoms with E-state index in [0.717, 1.165) is 25.7 Å². The van der Waals surface area contributed by atoms with E-state index < -0.39 is 6.04 Å². The average molecular weight is 414 g/mol. The molecule has 1 heterocycles. The minimum atomic E-state index is -0.672. The molecular weight excluding hydrogens is 382 g/mol. The zero-order chi connectivity index (χ0) is 21.7. The number of nitrogens with one attached hydrogen (secondary N) is 3. The number of anilines is 1. The minimum absolute atomic E-state index is 0.0202. The summed E-state index contributed by atoms with van der Waals surface area (Å²) in [6.45, 7) is 6.02. The van der Waals surface area contributed by atoms with Gasteiger partial charge in [-0.1, -0.05) is 45.2 Å². The Morgan fingerprint density at radius 2 is 1.87 bits per heavy atom. The zero-order valence-corrected chi connectivity index (χ0v) is 17.9.